The quantitative estimate of drug-likeness (QED) is 0.788. The summed E-state index contributed by atoms with van der Waals surface area (Å²) in [5.41, 5.74) is 0. The van der Waals surface area contributed by atoms with Gasteiger partial charge in [0.05, 0.1) is 0 Å². The summed E-state index contributed by atoms with van der Waals surface area (Å²) in [6.07, 6.45) is 7.18. The van der Waals surface area contributed by atoms with Gasteiger partial charge in [-0.15, -0.1) is 0 Å². The van der Waals surface area contributed by atoms with Crippen LogP contribution in [0, 0.1) is 0 Å². The van der Waals surface area contributed by atoms with Crippen molar-refractivity contribution >= 4 is 17.7 Å². The first-order chi connectivity index (χ1) is 6.29. The van der Waals surface area contributed by atoms with Crippen molar-refractivity contribution in [3.05, 3.63) is 12.4 Å². The Morgan fingerprint density at radius 1 is 1.69 bits per heavy atom. The average molecular weight is 199 g/mol. The lowest BCUT2D eigenvalue weighted by Crippen LogP contribution is -2.08. The number of aromatic nitrogens is 2. The third-order valence-electron chi connectivity index (χ3n) is 2.11. The highest BCUT2D eigenvalue weighted by atomic mass is 32.2. The number of imidazole rings is 1. The van der Waals surface area contributed by atoms with Crippen LogP contribution in [0.5, 0.6) is 0 Å². The maximum Gasteiger partial charge on any atom is 0.202 e. The van der Waals surface area contributed by atoms with Gasteiger partial charge in [-0.05, 0) is 25.4 Å². The summed E-state index contributed by atoms with van der Waals surface area (Å²) >= 11 is 1.89. The molecule has 1 atom stereocenters. The second-order valence-electron chi connectivity index (χ2n) is 3.04. The smallest absolute Gasteiger partial charge is 0.202 e. The van der Waals surface area contributed by atoms with Crippen molar-refractivity contribution in [1.29, 1.82) is 0 Å². The van der Waals surface area contributed by atoms with Gasteiger partial charge in [0.15, 0.2) is 0 Å². The minimum absolute atomic E-state index is 0.525. The van der Waals surface area contributed by atoms with Crippen LogP contribution < -0.4 is 5.32 Å². The Morgan fingerprint density at radius 2 is 2.46 bits per heavy atom. The Bertz CT molecular complexity index is 247. The van der Waals surface area contributed by atoms with E-state index in [2.05, 4.69) is 28.0 Å². The lowest BCUT2D eigenvalue weighted by Gasteiger charge is -2.15. The molecule has 4 heteroatoms. The van der Waals surface area contributed by atoms with E-state index in [4.69, 9.17) is 0 Å². The molecule has 0 bridgehead atoms. The molecule has 13 heavy (non-hydrogen) atoms. The molecule has 1 aromatic heterocycles. The van der Waals surface area contributed by atoms with Crippen molar-refractivity contribution < 1.29 is 0 Å². The van der Waals surface area contributed by atoms with E-state index in [1.165, 1.54) is 12.2 Å². The van der Waals surface area contributed by atoms with E-state index in [0.29, 0.717) is 6.04 Å². The van der Waals surface area contributed by atoms with Crippen LogP contribution in [0.15, 0.2) is 12.4 Å². The molecule has 3 nitrogen and oxygen atoms in total. The SMILES string of the molecule is CNc1nccn1C(C)CCSC. The van der Waals surface area contributed by atoms with Crippen LogP contribution in [0.25, 0.3) is 0 Å². The lowest BCUT2D eigenvalue weighted by atomic mass is 10.2. The fraction of sp³-hybridized carbons (Fsp3) is 0.667. The van der Waals surface area contributed by atoms with Gasteiger partial charge in [-0.25, -0.2) is 4.98 Å². The summed E-state index contributed by atoms with van der Waals surface area (Å²) in [4.78, 5) is 4.21. The largest absolute Gasteiger partial charge is 0.359 e. The fourth-order valence-corrected chi connectivity index (χ4v) is 1.87. The van der Waals surface area contributed by atoms with Crippen molar-refractivity contribution in [1.82, 2.24) is 9.55 Å². The van der Waals surface area contributed by atoms with Gasteiger partial charge >= 0.3 is 0 Å². The summed E-state index contributed by atoms with van der Waals surface area (Å²) in [5, 5.41) is 3.08. The molecule has 0 saturated carbocycles. The number of thioether (sulfide) groups is 1. The second kappa shape index (κ2) is 5.17. The Labute approximate surface area is 83.9 Å². The van der Waals surface area contributed by atoms with E-state index in [0.717, 1.165) is 5.95 Å². The van der Waals surface area contributed by atoms with Gasteiger partial charge < -0.3 is 9.88 Å². The topological polar surface area (TPSA) is 29.9 Å². The first kappa shape index (κ1) is 10.4. The number of hydrogen-bond acceptors (Lipinski definition) is 3. The van der Waals surface area contributed by atoms with E-state index in [9.17, 15) is 0 Å². The zero-order chi connectivity index (χ0) is 9.68. The Hall–Kier alpha value is -0.640. The molecular formula is C9H17N3S. The van der Waals surface area contributed by atoms with Gasteiger partial charge in [0.2, 0.25) is 5.95 Å². The number of nitrogens with zero attached hydrogens (tertiary/aromatic N) is 2. The third kappa shape index (κ3) is 2.66. The van der Waals surface area contributed by atoms with E-state index in [-0.39, 0.29) is 0 Å². The summed E-state index contributed by atoms with van der Waals surface area (Å²) in [6, 6.07) is 0.525. The Balaban J connectivity index is 2.59. The van der Waals surface area contributed by atoms with Crippen LogP contribution in [-0.4, -0.2) is 28.6 Å². The molecule has 0 aromatic carbocycles. The van der Waals surface area contributed by atoms with Gasteiger partial charge in [-0.2, -0.15) is 11.8 Å². The van der Waals surface area contributed by atoms with Crippen LogP contribution in [0.1, 0.15) is 19.4 Å². The molecule has 0 aliphatic heterocycles. The molecule has 1 heterocycles. The first-order valence-electron chi connectivity index (χ1n) is 4.49. The number of rotatable bonds is 5. The van der Waals surface area contributed by atoms with Crippen LogP contribution in [-0.2, 0) is 0 Å². The Morgan fingerprint density at radius 3 is 3.08 bits per heavy atom. The molecule has 1 rings (SSSR count). The van der Waals surface area contributed by atoms with E-state index in [1.54, 1.807) is 0 Å². The Kier molecular flexibility index (Phi) is 4.15. The van der Waals surface area contributed by atoms with Crippen LogP contribution in [0.3, 0.4) is 0 Å². The normalized spacial score (nSPS) is 12.8. The molecule has 1 N–H and O–H groups in total. The zero-order valence-corrected chi connectivity index (χ0v) is 9.27. The highest BCUT2D eigenvalue weighted by Gasteiger charge is 2.07. The maximum absolute atomic E-state index is 4.21. The predicted octanol–water partition coefficient (Wildman–Crippen LogP) is 2.24. The van der Waals surface area contributed by atoms with Gasteiger partial charge in [-0.1, -0.05) is 0 Å². The first-order valence-corrected chi connectivity index (χ1v) is 5.88. The van der Waals surface area contributed by atoms with Crippen LogP contribution in [0.2, 0.25) is 0 Å². The van der Waals surface area contributed by atoms with Crippen molar-refractivity contribution in [2.45, 2.75) is 19.4 Å². The van der Waals surface area contributed by atoms with Crippen molar-refractivity contribution in [3.8, 4) is 0 Å². The predicted molar refractivity (Wildman–Crippen MR) is 59.5 cm³/mol. The van der Waals surface area contributed by atoms with E-state index < -0.39 is 0 Å². The summed E-state index contributed by atoms with van der Waals surface area (Å²) in [5.74, 6) is 2.15. The fourth-order valence-electron chi connectivity index (χ4n) is 1.29. The monoisotopic (exact) mass is 199 g/mol. The van der Waals surface area contributed by atoms with Crippen LogP contribution in [0.4, 0.5) is 5.95 Å². The van der Waals surface area contributed by atoms with Gasteiger partial charge in [0.1, 0.15) is 0 Å². The molecular weight excluding hydrogens is 182 g/mol. The lowest BCUT2D eigenvalue weighted by molar-refractivity contribution is 0.540. The highest BCUT2D eigenvalue weighted by Crippen LogP contribution is 2.17. The number of nitrogens with one attached hydrogen (secondary N) is 1. The van der Waals surface area contributed by atoms with E-state index in [1.807, 2.05) is 31.2 Å². The molecule has 0 radical (unpaired) electrons. The minimum Gasteiger partial charge on any atom is -0.359 e. The number of hydrogen-bond donors (Lipinski definition) is 1. The van der Waals surface area contributed by atoms with Crippen molar-refractivity contribution in [2.75, 3.05) is 24.4 Å². The molecule has 0 fully saturated rings. The van der Waals surface area contributed by atoms with Gasteiger partial charge in [0.25, 0.3) is 0 Å². The second-order valence-corrected chi connectivity index (χ2v) is 4.02. The van der Waals surface area contributed by atoms with Crippen molar-refractivity contribution in [2.24, 2.45) is 0 Å². The van der Waals surface area contributed by atoms with Crippen molar-refractivity contribution in [3.63, 3.8) is 0 Å². The van der Waals surface area contributed by atoms with E-state index >= 15 is 0 Å². The molecule has 74 valence electrons. The number of anilines is 1. The molecule has 0 spiro atoms. The maximum atomic E-state index is 4.21. The highest BCUT2D eigenvalue weighted by molar-refractivity contribution is 7.98. The zero-order valence-electron chi connectivity index (χ0n) is 8.45. The third-order valence-corrected chi connectivity index (χ3v) is 2.75. The summed E-state index contributed by atoms with van der Waals surface area (Å²) < 4.78 is 2.18. The van der Waals surface area contributed by atoms with Gasteiger partial charge in [0, 0.05) is 25.5 Å². The molecule has 0 amide bonds. The standard InChI is InChI=1S/C9H17N3S/c1-8(4-7-13-3)12-6-5-11-9(12)10-2/h5-6,8H,4,7H2,1-3H3,(H,10,11). The molecule has 0 aliphatic carbocycles. The van der Waals surface area contributed by atoms with Crippen LogP contribution >= 0.6 is 11.8 Å². The minimum atomic E-state index is 0.525. The van der Waals surface area contributed by atoms with Gasteiger partial charge in [-0.3, -0.25) is 0 Å². The molecule has 1 unspecified atom stereocenters. The summed E-state index contributed by atoms with van der Waals surface area (Å²) in [6.45, 7) is 2.22. The molecule has 1 aromatic rings. The molecule has 0 aliphatic rings. The summed E-state index contributed by atoms with van der Waals surface area (Å²) in [7, 11) is 1.90. The molecule has 0 saturated heterocycles. The average Bonchev–Trinajstić information content (AvgIpc) is 2.61.